The standard InChI is InChI=1S/C15H25NO/c1-12(2)9-10-13(3)16-11-15(17)14-7-5-4-6-8-14/h4-8,12-13,15-17H,9-11H2,1-3H3. The SMILES string of the molecule is CC(C)CCC(C)NCC(O)c1ccccc1. The first kappa shape index (κ1) is 14.2. The molecule has 0 aliphatic rings. The first-order chi connectivity index (χ1) is 8.09. The lowest BCUT2D eigenvalue weighted by molar-refractivity contribution is 0.169. The number of benzene rings is 1. The summed E-state index contributed by atoms with van der Waals surface area (Å²) in [7, 11) is 0. The average molecular weight is 235 g/mol. The molecule has 2 N–H and O–H groups in total. The van der Waals surface area contributed by atoms with E-state index in [0.717, 1.165) is 11.5 Å². The Labute approximate surface area is 105 Å². The molecular weight excluding hydrogens is 210 g/mol. The number of aliphatic hydroxyl groups excluding tert-OH is 1. The molecule has 2 nitrogen and oxygen atoms in total. The van der Waals surface area contributed by atoms with Gasteiger partial charge in [0.1, 0.15) is 0 Å². The van der Waals surface area contributed by atoms with Crippen LogP contribution < -0.4 is 5.32 Å². The van der Waals surface area contributed by atoms with Crippen LogP contribution in [0.15, 0.2) is 30.3 Å². The Morgan fingerprint density at radius 1 is 1.06 bits per heavy atom. The zero-order chi connectivity index (χ0) is 12.7. The highest BCUT2D eigenvalue weighted by Crippen LogP contribution is 2.12. The van der Waals surface area contributed by atoms with Crippen molar-refractivity contribution >= 4 is 0 Å². The second-order valence-electron chi connectivity index (χ2n) is 5.21. The Balaban J connectivity index is 2.26. The Morgan fingerprint density at radius 3 is 2.29 bits per heavy atom. The Hall–Kier alpha value is -0.860. The number of hydrogen-bond donors (Lipinski definition) is 2. The van der Waals surface area contributed by atoms with Crippen LogP contribution in [0.3, 0.4) is 0 Å². The van der Waals surface area contributed by atoms with Gasteiger partial charge in [-0.2, -0.15) is 0 Å². The van der Waals surface area contributed by atoms with E-state index in [1.54, 1.807) is 0 Å². The molecule has 1 aromatic rings. The highest BCUT2D eigenvalue weighted by atomic mass is 16.3. The highest BCUT2D eigenvalue weighted by Gasteiger charge is 2.09. The average Bonchev–Trinajstić information content (AvgIpc) is 2.34. The maximum atomic E-state index is 9.98. The van der Waals surface area contributed by atoms with E-state index in [9.17, 15) is 5.11 Å². The van der Waals surface area contributed by atoms with Crippen LogP contribution in [0.2, 0.25) is 0 Å². The van der Waals surface area contributed by atoms with Crippen LogP contribution >= 0.6 is 0 Å². The minimum atomic E-state index is -0.405. The molecule has 1 aromatic carbocycles. The van der Waals surface area contributed by atoms with Crippen LogP contribution in [0.25, 0.3) is 0 Å². The van der Waals surface area contributed by atoms with Gasteiger partial charge >= 0.3 is 0 Å². The molecule has 0 saturated heterocycles. The molecule has 0 aromatic heterocycles. The summed E-state index contributed by atoms with van der Waals surface area (Å²) < 4.78 is 0. The minimum Gasteiger partial charge on any atom is -0.387 e. The maximum absolute atomic E-state index is 9.98. The molecule has 2 atom stereocenters. The van der Waals surface area contributed by atoms with Crippen LogP contribution in [0.1, 0.15) is 45.3 Å². The van der Waals surface area contributed by atoms with Gasteiger partial charge in [-0.1, -0.05) is 44.2 Å². The van der Waals surface area contributed by atoms with Crippen LogP contribution in [-0.4, -0.2) is 17.7 Å². The van der Waals surface area contributed by atoms with Crippen LogP contribution in [-0.2, 0) is 0 Å². The lowest BCUT2D eigenvalue weighted by Gasteiger charge is -2.18. The fraction of sp³-hybridized carbons (Fsp3) is 0.600. The molecule has 0 amide bonds. The summed E-state index contributed by atoms with van der Waals surface area (Å²) in [5.41, 5.74) is 0.982. The van der Waals surface area contributed by atoms with E-state index in [-0.39, 0.29) is 0 Å². The summed E-state index contributed by atoms with van der Waals surface area (Å²) in [6.45, 7) is 7.29. The minimum absolute atomic E-state index is 0.405. The summed E-state index contributed by atoms with van der Waals surface area (Å²) in [5, 5.41) is 13.4. The zero-order valence-corrected chi connectivity index (χ0v) is 11.2. The summed E-state index contributed by atoms with van der Waals surface area (Å²) in [4.78, 5) is 0. The van der Waals surface area contributed by atoms with E-state index in [1.807, 2.05) is 30.3 Å². The topological polar surface area (TPSA) is 32.3 Å². The molecule has 0 bridgehead atoms. The molecule has 0 fully saturated rings. The number of hydrogen-bond acceptors (Lipinski definition) is 2. The van der Waals surface area contributed by atoms with E-state index in [4.69, 9.17) is 0 Å². The second-order valence-corrected chi connectivity index (χ2v) is 5.21. The maximum Gasteiger partial charge on any atom is 0.0914 e. The molecule has 1 rings (SSSR count). The quantitative estimate of drug-likeness (QED) is 0.761. The van der Waals surface area contributed by atoms with E-state index < -0.39 is 6.10 Å². The van der Waals surface area contributed by atoms with Gasteiger partial charge in [0, 0.05) is 12.6 Å². The largest absolute Gasteiger partial charge is 0.387 e. The second kappa shape index (κ2) is 7.46. The van der Waals surface area contributed by atoms with Gasteiger partial charge in [0.05, 0.1) is 6.10 Å². The van der Waals surface area contributed by atoms with Gasteiger partial charge in [0.2, 0.25) is 0 Å². The fourth-order valence-corrected chi connectivity index (χ4v) is 1.79. The van der Waals surface area contributed by atoms with E-state index in [2.05, 4.69) is 26.1 Å². The third kappa shape index (κ3) is 5.85. The number of aliphatic hydroxyl groups is 1. The number of nitrogens with one attached hydrogen (secondary N) is 1. The van der Waals surface area contributed by atoms with Crippen LogP contribution in [0.5, 0.6) is 0 Å². The van der Waals surface area contributed by atoms with Gasteiger partial charge < -0.3 is 10.4 Å². The van der Waals surface area contributed by atoms with Crippen molar-refractivity contribution in [3.8, 4) is 0 Å². The first-order valence-electron chi connectivity index (χ1n) is 6.56. The molecule has 2 heteroatoms. The lowest BCUT2D eigenvalue weighted by atomic mass is 10.0. The molecular formula is C15H25NO. The Bertz CT molecular complexity index is 297. The van der Waals surface area contributed by atoms with Gasteiger partial charge in [-0.05, 0) is 31.2 Å². The normalized spacial score (nSPS) is 14.9. The van der Waals surface area contributed by atoms with Crippen molar-refractivity contribution in [1.29, 1.82) is 0 Å². The van der Waals surface area contributed by atoms with Gasteiger partial charge in [-0.25, -0.2) is 0 Å². The molecule has 2 unspecified atom stereocenters. The monoisotopic (exact) mass is 235 g/mol. The molecule has 96 valence electrons. The summed E-state index contributed by atoms with van der Waals surface area (Å²) in [6.07, 6.45) is 1.99. The highest BCUT2D eigenvalue weighted by molar-refractivity contribution is 5.17. The predicted octanol–water partition coefficient (Wildman–Crippen LogP) is 3.13. The van der Waals surface area contributed by atoms with Crippen molar-refractivity contribution in [2.24, 2.45) is 5.92 Å². The smallest absolute Gasteiger partial charge is 0.0914 e. The van der Waals surface area contributed by atoms with Gasteiger partial charge in [-0.3, -0.25) is 0 Å². The molecule has 0 aliphatic heterocycles. The van der Waals surface area contributed by atoms with Crippen molar-refractivity contribution in [3.63, 3.8) is 0 Å². The van der Waals surface area contributed by atoms with Crippen molar-refractivity contribution < 1.29 is 5.11 Å². The van der Waals surface area contributed by atoms with Gasteiger partial charge in [-0.15, -0.1) is 0 Å². The fourth-order valence-electron chi connectivity index (χ4n) is 1.79. The Morgan fingerprint density at radius 2 is 1.71 bits per heavy atom. The summed E-state index contributed by atoms with van der Waals surface area (Å²) >= 11 is 0. The molecule has 0 aliphatic carbocycles. The van der Waals surface area contributed by atoms with Crippen LogP contribution in [0, 0.1) is 5.92 Å². The van der Waals surface area contributed by atoms with Gasteiger partial charge in [0.25, 0.3) is 0 Å². The lowest BCUT2D eigenvalue weighted by Crippen LogP contribution is -2.30. The molecule has 0 heterocycles. The molecule has 0 radical (unpaired) electrons. The van der Waals surface area contributed by atoms with E-state index in [0.29, 0.717) is 12.6 Å². The molecule has 0 spiro atoms. The first-order valence-corrected chi connectivity index (χ1v) is 6.56. The van der Waals surface area contributed by atoms with Gasteiger partial charge in [0.15, 0.2) is 0 Å². The van der Waals surface area contributed by atoms with Crippen molar-refractivity contribution in [3.05, 3.63) is 35.9 Å². The van der Waals surface area contributed by atoms with Crippen molar-refractivity contribution in [1.82, 2.24) is 5.32 Å². The van der Waals surface area contributed by atoms with Crippen LogP contribution in [0.4, 0.5) is 0 Å². The van der Waals surface area contributed by atoms with E-state index in [1.165, 1.54) is 12.8 Å². The third-order valence-corrected chi connectivity index (χ3v) is 3.02. The van der Waals surface area contributed by atoms with Crippen molar-refractivity contribution in [2.45, 2.75) is 45.8 Å². The number of rotatable bonds is 7. The molecule has 0 saturated carbocycles. The Kier molecular flexibility index (Phi) is 6.23. The zero-order valence-electron chi connectivity index (χ0n) is 11.2. The molecule has 17 heavy (non-hydrogen) atoms. The summed E-state index contributed by atoms with van der Waals surface area (Å²) in [5.74, 6) is 0.748. The summed E-state index contributed by atoms with van der Waals surface area (Å²) in [6, 6.07) is 10.3. The third-order valence-electron chi connectivity index (χ3n) is 3.02. The predicted molar refractivity (Wildman–Crippen MR) is 72.9 cm³/mol. The van der Waals surface area contributed by atoms with E-state index >= 15 is 0 Å². The van der Waals surface area contributed by atoms with Crippen molar-refractivity contribution in [2.75, 3.05) is 6.54 Å².